The second kappa shape index (κ2) is 12.7. The summed E-state index contributed by atoms with van der Waals surface area (Å²) in [4.78, 5) is 41.0. The van der Waals surface area contributed by atoms with Gasteiger partial charge in [0.25, 0.3) is 0 Å². The van der Waals surface area contributed by atoms with Crippen LogP contribution in [0, 0.1) is 13.8 Å². The van der Waals surface area contributed by atoms with Crippen molar-refractivity contribution in [2.45, 2.75) is 64.2 Å². The third-order valence-corrected chi connectivity index (χ3v) is 9.04. The fourth-order valence-electron chi connectivity index (χ4n) is 6.62. The van der Waals surface area contributed by atoms with E-state index in [1.807, 2.05) is 13.1 Å². The average Bonchev–Trinajstić information content (AvgIpc) is 3.36. The third kappa shape index (κ3) is 6.50. The van der Waals surface area contributed by atoms with Crippen LogP contribution in [0.1, 0.15) is 64.5 Å². The van der Waals surface area contributed by atoms with Crippen LogP contribution in [-0.4, -0.2) is 86.7 Å². The second-order valence-corrected chi connectivity index (χ2v) is 11.9. The van der Waals surface area contributed by atoms with E-state index in [0.717, 1.165) is 82.0 Å². The highest BCUT2D eigenvalue weighted by Gasteiger charge is 2.45. The largest absolute Gasteiger partial charge is 0.478 e. The van der Waals surface area contributed by atoms with Gasteiger partial charge in [0, 0.05) is 74.6 Å². The zero-order chi connectivity index (χ0) is 29.9. The molecule has 43 heavy (non-hydrogen) atoms. The van der Waals surface area contributed by atoms with Crippen molar-refractivity contribution in [1.82, 2.24) is 24.7 Å². The number of rotatable bonds is 8. The summed E-state index contributed by atoms with van der Waals surface area (Å²) in [5.41, 5.74) is 5.39. The van der Waals surface area contributed by atoms with Gasteiger partial charge in [0.2, 0.25) is 5.95 Å². The monoisotopic (exact) mass is 584 g/mol. The van der Waals surface area contributed by atoms with Crippen LogP contribution in [0.5, 0.6) is 0 Å². The van der Waals surface area contributed by atoms with Gasteiger partial charge < -0.3 is 25.0 Å². The SMILES string of the molecule is Cc1cccc([C@@H]2CN(C3CCOCC3)C(=O)N2C2CCN(Cc3cnc(Nc4ccc(C(=O)O)cc4)nc3C)CC2)c1. The molecular weight excluding hydrogens is 544 g/mol. The number of carboxylic acids is 1. The van der Waals surface area contributed by atoms with Gasteiger partial charge in [-0.25, -0.2) is 19.6 Å². The summed E-state index contributed by atoms with van der Waals surface area (Å²) in [5.74, 6) is -0.478. The number of anilines is 2. The second-order valence-electron chi connectivity index (χ2n) is 11.9. The Morgan fingerprint density at radius 2 is 1.77 bits per heavy atom. The Balaban J connectivity index is 1.09. The molecule has 3 fully saturated rings. The minimum Gasteiger partial charge on any atom is -0.478 e. The number of benzene rings is 2. The minimum absolute atomic E-state index is 0.0721. The zero-order valence-electron chi connectivity index (χ0n) is 24.9. The van der Waals surface area contributed by atoms with Crippen molar-refractivity contribution in [2.24, 2.45) is 0 Å². The van der Waals surface area contributed by atoms with Crippen molar-refractivity contribution >= 4 is 23.6 Å². The smallest absolute Gasteiger partial charge is 0.335 e. The molecular formula is C33H40N6O4. The molecule has 3 aromatic rings. The van der Waals surface area contributed by atoms with E-state index < -0.39 is 5.97 Å². The molecule has 1 aromatic heterocycles. The van der Waals surface area contributed by atoms with Gasteiger partial charge in [0.15, 0.2) is 0 Å². The number of carbonyl (C=O) groups excluding carboxylic acids is 1. The molecule has 0 aliphatic carbocycles. The molecule has 0 saturated carbocycles. The Morgan fingerprint density at radius 3 is 2.44 bits per heavy atom. The van der Waals surface area contributed by atoms with Crippen LogP contribution in [-0.2, 0) is 11.3 Å². The molecule has 4 heterocycles. The van der Waals surface area contributed by atoms with Crippen molar-refractivity contribution in [3.63, 3.8) is 0 Å². The Kier molecular flexibility index (Phi) is 8.58. The molecule has 0 spiro atoms. The predicted molar refractivity (Wildman–Crippen MR) is 163 cm³/mol. The highest BCUT2D eigenvalue weighted by Crippen LogP contribution is 2.37. The van der Waals surface area contributed by atoms with E-state index in [1.54, 1.807) is 24.3 Å². The summed E-state index contributed by atoms with van der Waals surface area (Å²) >= 11 is 0. The molecule has 6 rings (SSSR count). The third-order valence-electron chi connectivity index (χ3n) is 9.04. The molecule has 10 nitrogen and oxygen atoms in total. The van der Waals surface area contributed by atoms with Crippen molar-refractivity contribution in [1.29, 1.82) is 0 Å². The Hall–Kier alpha value is -4.02. The summed E-state index contributed by atoms with van der Waals surface area (Å²) in [5, 5.41) is 12.3. The standard InChI is InChI=1S/C33H40N6O4/c1-22-4-3-5-25(18-22)30-21-38(28-12-16-43-17-13-28)33(42)39(30)29-10-14-37(15-11-29)20-26-19-34-32(35-23(26)2)36-27-8-6-24(7-9-27)31(40)41/h3-9,18-19,28-30H,10-17,20-21H2,1-2H3,(H,40,41)(H,34,35,36)/t30-/m0/s1. The van der Waals surface area contributed by atoms with E-state index in [0.29, 0.717) is 5.95 Å². The molecule has 3 aliphatic heterocycles. The number of amides is 2. The van der Waals surface area contributed by atoms with E-state index in [2.05, 4.69) is 61.2 Å². The van der Waals surface area contributed by atoms with E-state index in [-0.39, 0.29) is 29.7 Å². The first kappa shape index (κ1) is 29.1. The van der Waals surface area contributed by atoms with Crippen molar-refractivity contribution < 1.29 is 19.4 Å². The number of likely N-dealkylation sites (tertiary alicyclic amines) is 1. The topological polar surface area (TPSA) is 111 Å². The normalized spacial score (nSPS) is 20.5. The fourth-order valence-corrected chi connectivity index (χ4v) is 6.62. The Labute approximate surface area is 252 Å². The Morgan fingerprint density at radius 1 is 1.02 bits per heavy atom. The van der Waals surface area contributed by atoms with Crippen LogP contribution in [0.25, 0.3) is 0 Å². The van der Waals surface area contributed by atoms with E-state index in [9.17, 15) is 9.59 Å². The van der Waals surface area contributed by atoms with Crippen LogP contribution in [0.15, 0.2) is 54.7 Å². The predicted octanol–water partition coefficient (Wildman–Crippen LogP) is 5.16. The maximum Gasteiger partial charge on any atom is 0.335 e. The number of aromatic nitrogens is 2. The molecule has 226 valence electrons. The molecule has 2 amide bonds. The Bertz CT molecular complexity index is 1450. The average molecular weight is 585 g/mol. The van der Waals surface area contributed by atoms with Gasteiger partial charge in [-0.1, -0.05) is 29.8 Å². The first-order chi connectivity index (χ1) is 20.9. The van der Waals surface area contributed by atoms with Gasteiger partial charge >= 0.3 is 12.0 Å². The molecule has 1 atom stereocenters. The number of aromatic carboxylic acids is 1. The molecule has 2 aromatic carbocycles. The lowest BCUT2D eigenvalue weighted by Crippen LogP contribution is -2.48. The highest BCUT2D eigenvalue weighted by molar-refractivity contribution is 5.88. The summed E-state index contributed by atoms with van der Waals surface area (Å²) in [6.45, 7) is 8.87. The number of carboxylic acid groups (broad SMARTS) is 1. The number of nitrogens with one attached hydrogen (secondary N) is 1. The molecule has 3 aliphatic rings. The van der Waals surface area contributed by atoms with E-state index in [4.69, 9.17) is 9.84 Å². The number of carbonyl (C=O) groups is 2. The molecule has 2 N–H and O–H groups in total. The van der Waals surface area contributed by atoms with Gasteiger partial charge in [-0.05, 0) is 69.4 Å². The summed E-state index contributed by atoms with van der Waals surface area (Å²) < 4.78 is 5.59. The van der Waals surface area contributed by atoms with Gasteiger partial charge in [-0.15, -0.1) is 0 Å². The summed E-state index contributed by atoms with van der Waals surface area (Å²) in [6.07, 6.45) is 5.55. The molecule has 10 heteroatoms. The van der Waals surface area contributed by atoms with Crippen molar-refractivity contribution in [3.8, 4) is 0 Å². The number of hydrogen-bond donors (Lipinski definition) is 2. The molecule has 0 radical (unpaired) electrons. The van der Waals surface area contributed by atoms with Gasteiger partial charge in [0.05, 0.1) is 11.6 Å². The van der Waals surface area contributed by atoms with E-state index in [1.165, 1.54) is 11.1 Å². The van der Waals surface area contributed by atoms with Crippen LogP contribution in [0.2, 0.25) is 0 Å². The van der Waals surface area contributed by atoms with Crippen molar-refractivity contribution in [3.05, 3.63) is 82.7 Å². The maximum absolute atomic E-state index is 13.9. The van der Waals surface area contributed by atoms with Crippen LogP contribution in [0.3, 0.4) is 0 Å². The van der Waals surface area contributed by atoms with Crippen LogP contribution < -0.4 is 5.32 Å². The summed E-state index contributed by atoms with van der Waals surface area (Å²) in [6, 6.07) is 15.9. The quantitative estimate of drug-likeness (QED) is 0.374. The number of ether oxygens (including phenoxy) is 1. The first-order valence-electron chi connectivity index (χ1n) is 15.2. The lowest BCUT2D eigenvalue weighted by molar-refractivity contribution is 0.0493. The lowest BCUT2D eigenvalue weighted by Gasteiger charge is -2.39. The molecule has 0 unspecified atom stereocenters. The fraction of sp³-hybridized carbons (Fsp3) is 0.455. The zero-order valence-corrected chi connectivity index (χ0v) is 24.9. The first-order valence-corrected chi connectivity index (χ1v) is 15.2. The molecule has 0 bridgehead atoms. The maximum atomic E-state index is 13.9. The number of piperidine rings is 1. The number of aryl methyl sites for hydroxylation is 2. The number of nitrogens with zero attached hydrogens (tertiary/aromatic N) is 5. The van der Waals surface area contributed by atoms with E-state index >= 15 is 0 Å². The molecule has 3 saturated heterocycles. The van der Waals surface area contributed by atoms with Crippen molar-refractivity contribution in [2.75, 3.05) is 38.2 Å². The van der Waals surface area contributed by atoms with Gasteiger partial charge in [-0.3, -0.25) is 4.90 Å². The lowest BCUT2D eigenvalue weighted by atomic mass is 9.98. The highest BCUT2D eigenvalue weighted by atomic mass is 16.5. The number of hydrogen-bond acceptors (Lipinski definition) is 7. The minimum atomic E-state index is -0.956. The van der Waals surface area contributed by atoms with Crippen LogP contribution >= 0.6 is 0 Å². The van der Waals surface area contributed by atoms with Gasteiger partial charge in [-0.2, -0.15) is 0 Å². The van der Waals surface area contributed by atoms with Gasteiger partial charge in [0.1, 0.15) is 0 Å². The summed E-state index contributed by atoms with van der Waals surface area (Å²) in [7, 11) is 0. The van der Waals surface area contributed by atoms with Crippen LogP contribution in [0.4, 0.5) is 16.4 Å². The number of urea groups is 1.